The number of H-pyrrole nitrogens is 1. The van der Waals surface area contributed by atoms with Crippen LogP contribution in [0.3, 0.4) is 0 Å². The first-order valence-electron chi connectivity index (χ1n) is 11.4. The van der Waals surface area contributed by atoms with Gasteiger partial charge in [-0.15, -0.1) is 0 Å². The maximum Gasteiger partial charge on any atom is 0.254 e. The molecule has 2 amide bonds. The van der Waals surface area contributed by atoms with Crippen LogP contribution in [0.4, 0.5) is 0 Å². The van der Waals surface area contributed by atoms with E-state index in [0.29, 0.717) is 18.1 Å². The SMILES string of the molecule is CCCCCN1CC(=O)N2C[C@H](c3ccc(Cl)cc3)c3c([nH]c4ccccc34)[C@@]2(C)C1=O. The van der Waals surface area contributed by atoms with Gasteiger partial charge in [0.1, 0.15) is 0 Å². The maximum atomic E-state index is 13.8. The van der Waals surface area contributed by atoms with Crippen molar-refractivity contribution in [3.8, 4) is 0 Å². The van der Waals surface area contributed by atoms with Crippen molar-refractivity contribution in [2.75, 3.05) is 19.6 Å². The summed E-state index contributed by atoms with van der Waals surface area (Å²) in [5.74, 6) is -0.0164. The Morgan fingerprint density at radius 1 is 1.09 bits per heavy atom. The van der Waals surface area contributed by atoms with E-state index in [2.05, 4.69) is 18.0 Å². The summed E-state index contributed by atoms with van der Waals surface area (Å²) in [6.07, 6.45) is 3.04. The van der Waals surface area contributed by atoms with E-state index < -0.39 is 5.54 Å². The summed E-state index contributed by atoms with van der Waals surface area (Å²) >= 11 is 6.15. The molecule has 1 aromatic heterocycles. The molecule has 2 aliphatic heterocycles. The van der Waals surface area contributed by atoms with Gasteiger partial charge in [0.2, 0.25) is 5.91 Å². The Morgan fingerprint density at radius 3 is 2.59 bits per heavy atom. The fourth-order valence-electron chi connectivity index (χ4n) is 5.40. The minimum absolute atomic E-state index is 0.00636. The van der Waals surface area contributed by atoms with Crippen molar-refractivity contribution in [2.24, 2.45) is 0 Å². The molecule has 0 unspecified atom stereocenters. The summed E-state index contributed by atoms with van der Waals surface area (Å²) in [5, 5.41) is 1.78. The molecular formula is C26H28ClN3O2. The molecule has 3 aromatic rings. The highest BCUT2D eigenvalue weighted by Crippen LogP contribution is 2.48. The second-order valence-electron chi connectivity index (χ2n) is 9.07. The van der Waals surface area contributed by atoms with E-state index in [0.717, 1.165) is 47.0 Å². The van der Waals surface area contributed by atoms with Gasteiger partial charge in [-0.25, -0.2) is 0 Å². The molecule has 6 heteroatoms. The number of halogens is 1. The van der Waals surface area contributed by atoms with Gasteiger partial charge in [-0.05, 0) is 42.7 Å². The average molecular weight is 450 g/mol. The third-order valence-corrected chi connectivity index (χ3v) is 7.37. The van der Waals surface area contributed by atoms with E-state index in [-0.39, 0.29) is 24.3 Å². The Kier molecular flexibility index (Phi) is 5.25. The van der Waals surface area contributed by atoms with Crippen molar-refractivity contribution in [1.82, 2.24) is 14.8 Å². The van der Waals surface area contributed by atoms with Crippen LogP contribution in [0.15, 0.2) is 48.5 Å². The van der Waals surface area contributed by atoms with Crippen LogP contribution in [0.5, 0.6) is 0 Å². The van der Waals surface area contributed by atoms with Crippen molar-refractivity contribution in [3.05, 3.63) is 70.4 Å². The van der Waals surface area contributed by atoms with Crippen molar-refractivity contribution < 1.29 is 9.59 Å². The lowest BCUT2D eigenvalue weighted by molar-refractivity contribution is -0.166. The lowest BCUT2D eigenvalue weighted by atomic mass is 9.76. The molecule has 5 nitrogen and oxygen atoms in total. The number of carbonyl (C=O) groups is 2. The number of para-hydroxylation sites is 1. The van der Waals surface area contributed by atoms with E-state index >= 15 is 0 Å². The number of unbranched alkanes of at least 4 members (excludes halogenated alkanes) is 2. The summed E-state index contributed by atoms with van der Waals surface area (Å²) in [4.78, 5) is 34.3. The van der Waals surface area contributed by atoms with E-state index in [9.17, 15) is 9.59 Å². The predicted octanol–water partition coefficient (Wildman–Crippen LogP) is 5.04. The molecule has 32 heavy (non-hydrogen) atoms. The Hall–Kier alpha value is -2.79. The van der Waals surface area contributed by atoms with E-state index in [1.54, 1.807) is 9.80 Å². The molecule has 5 rings (SSSR count). The molecule has 1 N–H and O–H groups in total. The van der Waals surface area contributed by atoms with Crippen LogP contribution >= 0.6 is 11.6 Å². The van der Waals surface area contributed by atoms with Crippen molar-refractivity contribution in [3.63, 3.8) is 0 Å². The zero-order valence-corrected chi connectivity index (χ0v) is 19.3. The molecule has 0 aliphatic carbocycles. The highest BCUT2D eigenvalue weighted by atomic mass is 35.5. The summed E-state index contributed by atoms with van der Waals surface area (Å²) in [6, 6.07) is 16.0. The Balaban J connectivity index is 1.67. The molecule has 2 aromatic carbocycles. The van der Waals surface area contributed by atoms with Gasteiger partial charge in [0, 0.05) is 34.9 Å². The van der Waals surface area contributed by atoms with Crippen LogP contribution in [0.25, 0.3) is 10.9 Å². The van der Waals surface area contributed by atoms with Crippen LogP contribution in [-0.4, -0.2) is 46.2 Å². The lowest BCUT2D eigenvalue weighted by Crippen LogP contribution is -2.67. The van der Waals surface area contributed by atoms with E-state index in [1.807, 2.05) is 49.4 Å². The number of carbonyl (C=O) groups excluding carboxylic acids is 2. The quantitative estimate of drug-likeness (QED) is 0.554. The number of aromatic nitrogens is 1. The van der Waals surface area contributed by atoms with Crippen LogP contribution in [0.2, 0.25) is 5.02 Å². The molecule has 2 atom stereocenters. The predicted molar refractivity (Wildman–Crippen MR) is 127 cm³/mol. The van der Waals surface area contributed by atoms with Crippen molar-refractivity contribution in [2.45, 2.75) is 44.6 Å². The molecule has 0 saturated carbocycles. The van der Waals surface area contributed by atoms with Crippen LogP contribution in [0, 0.1) is 0 Å². The second kappa shape index (κ2) is 7.96. The molecule has 0 spiro atoms. The molecule has 166 valence electrons. The summed E-state index contributed by atoms with van der Waals surface area (Å²) in [6.45, 7) is 5.30. The number of piperazine rings is 1. The standard InChI is InChI=1S/C26H28ClN3O2/c1-3-4-7-14-29-16-22(31)30-15-20(17-10-12-18(27)13-11-17)23-19-8-5-6-9-21(19)28-24(23)26(30,2)25(29)32/h5-6,8-13,20,28H,3-4,7,14-16H2,1-2H3/t20-,26+/m1/s1. The smallest absolute Gasteiger partial charge is 0.254 e. The molecule has 1 saturated heterocycles. The first kappa shape index (κ1) is 21.1. The number of aromatic amines is 1. The number of amides is 2. The zero-order valence-electron chi connectivity index (χ0n) is 18.5. The third kappa shape index (κ3) is 3.14. The second-order valence-corrected chi connectivity index (χ2v) is 9.51. The normalized spacial score (nSPS) is 22.9. The average Bonchev–Trinajstić information content (AvgIpc) is 3.19. The molecule has 0 bridgehead atoms. The van der Waals surface area contributed by atoms with Gasteiger partial charge < -0.3 is 14.8 Å². The van der Waals surface area contributed by atoms with Gasteiger partial charge in [-0.1, -0.05) is 61.7 Å². The number of hydrogen-bond acceptors (Lipinski definition) is 2. The lowest BCUT2D eigenvalue weighted by Gasteiger charge is -2.51. The van der Waals surface area contributed by atoms with Gasteiger partial charge in [0.25, 0.3) is 5.91 Å². The molecule has 0 radical (unpaired) electrons. The number of benzene rings is 2. The fourth-order valence-corrected chi connectivity index (χ4v) is 5.53. The van der Waals surface area contributed by atoms with Crippen molar-refractivity contribution >= 4 is 34.3 Å². The zero-order chi connectivity index (χ0) is 22.5. The summed E-state index contributed by atoms with van der Waals surface area (Å²) < 4.78 is 0. The van der Waals surface area contributed by atoms with Crippen LogP contribution < -0.4 is 0 Å². The number of nitrogens with zero attached hydrogens (tertiary/aromatic N) is 2. The minimum Gasteiger partial charge on any atom is -0.356 e. The molecule has 2 aliphatic rings. The summed E-state index contributed by atoms with van der Waals surface area (Å²) in [7, 11) is 0. The first-order valence-corrected chi connectivity index (χ1v) is 11.8. The fraction of sp³-hybridized carbons (Fsp3) is 0.385. The minimum atomic E-state index is -1.03. The van der Waals surface area contributed by atoms with E-state index in [1.165, 1.54) is 0 Å². The monoisotopic (exact) mass is 449 g/mol. The topological polar surface area (TPSA) is 56.4 Å². The van der Waals surface area contributed by atoms with Gasteiger partial charge in [0.05, 0.1) is 12.2 Å². The molecule has 1 fully saturated rings. The number of fused-ring (bicyclic) bond motifs is 5. The number of rotatable bonds is 5. The van der Waals surface area contributed by atoms with Gasteiger partial charge in [-0.2, -0.15) is 0 Å². The first-order chi connectivity index (χ1) is 15.4. The van der Waals surface area contributed by atoms with Gasteiger partial charge in [-0.3, -0.25) is 9.59 Å². The third-order valence-electron chi connectivity index (χ3n) is 7.12. The van der Waals surface area contributed by atoms with Crippen LogP contribution in [-0.2, 0) is 15.1 Å². The van der Waals surface area contributed by atoms with Crippen LogP contribution in [0.1, 0.15) is 55.8 Å². The largest absolute Gasteiger partial charge is 0.356 e. The summed E-state index contributed by atoms with van der Waals surface area (Å²) in [5.41, 5.74) is 3.00. The Morgan fingerprint density at radius 2 is 1.84 bits per heavy atom. The molecular weight excluding hydrogens is 422 g/mol. The highest BCUT2D eigenvalue weighted by molar-refractivity contribution is 6.30. The molecule has 3 heterocycles. The Bertz CT molecular complexity index is 1190. The van der Waals surface area contributed by atoms with Gasteiger partial charge in [0.15, 0.2) is 5.54 Å². The van der Waals surface area contributed by atoms with Crippen molar-refractivity contribution in [1.29, 1.82) is 0 Å². The number of hydrogen-bond donors (Lipinski definition) is 1. The van der Waals surface area contributed by atoms with E-state index in [4.69, 9.17) is 11.6 Å². The Labute approximate surface area is 193 Å². The number of nitrogens with one attached hydrogen (secondary N) is 1. The maximum absolute atomic E-state index is 13.8. The van der Waals surface area contributed by atoms with Gasteiger partial charge >= 0.3 is 0 Å². The highest BCUT2D eigenvalue weighted by Gasteiger charge is 2.56.